The molecule has 1 N–H and O–H groups in total. The molecule has 25 heavy (non-hydrogen) atoms. The maximum Gasteiger partial charge on any atom is 0.236 e. The first-order valence-electron chi connectivity index (χ1n) is 8.02. The molecule has 0 saturated heterocycles. The highest BCUT2D eigenvalue weighted by molar-refractivity contribution is 8.00. The molecule has 0 aliphatic carbocycles. The monoisotopic (exact) mass is 392 g/mol. The summed E-state index contributed by atoms with van der Waals surface area (Å²) >= 11 is 4.66. The van der Waals surface area contributed by atoms with E-state index < -0.39 is 0 Å². The molecule has 132 valence electrons. The summed E-state index contributed by atoms with van der Waals surface area (Å²) in [6.07, 6.45) is 0.781. The summed E-state index contributed by atoms with van der Waals surface area (Å²) in [5.74, 6) is 1.07. The standard InChI is InChI=1S/C17H20N4OS3/c1-6-12-19-15(14-8(2)10(4)24-16(14)20-12)23-7-13(22)21-17-18-9(3)11(5)25-17/h6-7H2,1-5H3,(H,18,21,22). The molecule has 3 aromatic heterocycles. The maximum atomic E-state index is 12.3. The first kappa shape index (κ1) is 18.3. The van der Waals surface area contributed by atoms with Crippen molar-refractivity contribution in [3.05, 3.63) is 26.8 Å². The van der Waals surface area contributed by atoms with Gasteiger partial charge in [-0.05, 0) is 33.3 Å². The van der Waals surface area contributed by atoms with Crippen LogP contribution in [0.4, 0.5) is 5.13 Å². The van der Waals surface area contributed by atoms with Crippen LogP contribution in [0.1, 0.15) is 33.8 Å². The fourth-order valence-corrected chi connectivity index (χ4v) is 5.18. The van der Waals surface area contributed by atoms with Gasteiger partial charge in [0.05, 0.1) is 11.4 Å². The summed E-state index contributed by atoms with van der Waals surface area (Å²) in [6.45, 7) is 10.2. The van der Waals surface area contributed by atoms with E-state index in [4.69, 9.17) is 0 Å². The highest BCUT2D eigenvalue weighted by atomic mass is 32.2. The Bertz CT molecular complexity index is 926. The predicted octanol–water partition coefficient (Wildman–Crippen LogP) is 4.67. The van der Waals surface area contributed by atoms with Crippen LogP contribution >= 0.6 is 34.4 Å². The third-order valence-electron chi connectivity index (χ3n) is 3.97. The molecule has 3 rings (SSSR count). The molecule has 0 spiro atoms. The quantitative estimate of drug-likeness (QED) is 0.504. The molecule has 8 heteroatoms. The van der Waals surface area contributed by atoms with Crippen molar-refractivity contribution < 1.29 is 4.79 Å². The van der Waals surface area contributed by atoms with Gasteiger partial charge in [0.1, 0.15) is 15.7 Å². The van der Waals surface area contributed by atoms with Crippen LogP contribution in [0, 0.1) is 27.7 Å². The zero-order valence-corrected chi connectivity index (χ0v) is 17.3. The summed E-state index contributed by atoms with van der Waals surface area (Å²) < 4.78 is 0. The Labute approximate surface area is 159 Å². The van der Waals surface area contributed by atoms with Crippen molar-refractivity contribution in [3.8, 4) is 0 Å². The van der Waals surface area contributed by atoms with Gasteiger partial charge in [-0.2, -0.15) is 0 Å². The summed E-state index contributed by atoms with van der Waals surface area (Å²) in [5, 5.41) is 5.51. The second kappa shape index (κ2) is 7.39. The van der Waals surface area contributed by atoms with Crippen LogP contribution in [0.25, 0.3) is 10.2 Å². The Morgan fingerprint density at radius 3 is 2.48 bits per heavy atom. The van der Waals surface area contributed by atoms with E-state index in [1.807, 2.05) is 20.8 Å². The Morgan fingerprint density at radius 2 is 1.84 bits per heavy atom. The van der Waals surface area contributed by atoms with Gasteiger partial charge < -0.3 is 5.32 Å². The number of hydrogen-bond acceptors (Lipinski definition) is 7. The smallest absolute Gasteiger partial charge is 0.236 e. The van der Waals surface area contributed by atoms with Gasteiger partial charge in [-0.15, -0.1) is 22.7 Å². The summed E-state index contributed by atoms with van der Waals surface area (Å²) in [4.78, 5) is 29.3. The number of thiophene rings is 1. The van der Waals surface area contributed by atoms with Gasteiger partial charge in [0.15, 0.2) is 5.13 Å². The Morgan fingerprint density at radius 1 is 1.08 bits per heavy atom. The normalized spacial score (nSPS) is 11.2. The van der Waals surface area contributed by atoms with Crippen molar-refractivity contribution in [2.75, 3.05) is 11.1 Å². The van der Waals surface area contributed by atoms with Crippen LogP contribution in [0.3, 0.4) is 0 Å². The number of thioether (sulfide) groups is 1. The zero-order valence-electron chi connectivity index (χ0n) is 14.9. The molecule has 0 aliphatic rings. The number of thiazole rings is 1. The molecule has 0 aliphatic heterocycles. The Balaban J connectivity index is 1.79. The molecule has 0 atom stereocenters. The number of rotatable bonds is 5. The zero-order chi connectivity index (χ0) is 18.1. The second-order valence-electron chi connectivity index (χ2n) is 5.76. The van der Waals surface area contributed by atoms with Crippen molar-refractivity contribution in [3.63, 3.8) is 0 Å². The summed E-state index contributed by atoms with van der Waals surface area (Å²) in [7, 11) is 0. The summed E-state index contributed by atoms with van der Waals surface area (Å²) in [5.41, 5.74) is 2.17. The maximum absolute atomic E-state index is 12.3. The first-order valence-corrected chi connectivity index (χ1v) is 10.6. The molecule has 0 saturated carbocycles. The van der Waals surface area contributed by atoms with Crippen molar-refractivity contribution >= 4 is 55.7 Å². The lowest BCUT2D eigenvalue weighted by Crippen LogP contribution is -2.14. The molecule has 0 unspecified atom stereocenters. The van der Waals surface area contributed by atoms with Crippen molar-refractivity contribution in [2.24, 2.45) is 0 Å². The minimum absolute atomic E-state index is 0.0619. The van der Waals surface area contributed by atoms with Gasteiger partial charge in [0, 0.05) is 21.6 Å². The second-order valence-corrected chi connectivity index (χ2v) is 9.13. The molecule has 1 amide bonds. The lowest BCUT2D eigenvalue weighted by molar-refractivity contribution is -0.113. The number of carbonyl (C=O) groups is 1. The number of amides is 1. The van der Waals surface area contributed by atoms with E-state index in [9.17, 15) is 4.79 Å². The fourth-order valence-electron chi connectivity index (χ4n) is 2.33. The number of aromatic nitrogens is 3. The Kier molecular flexibility index (Phi) is 5.41. The van der Waals surface area contributed by atoms with E-state index in [0.29, 0.717) is 10.9 Å². The number of aryl methyl sites for hydroxylation is 5. The average Bonchev–Trinajstić information content (AvgIpc) is 3.03. The molecular formula is C17H20N4OS3. The van der Waals surface area contributed by atoms with Crippen LogP contribution in [-0.4, -0.2) is 26.6 Å². The average molecular weight is 393 g/mol. The topological polar surface area (TPSA) is 67.8 Å². The third-order valence-corrected chi connectivity index (χ3v) is 7.04. The molecule has 0 fully saturated rings. The third kappa shape index (κ3) is 3.86. The SMILES string of the molecule is CCc1nc(SCC(=O)Nc2nc(C)c(C)s2)c2c(C)c(C)sc2n1. The van der Waals surface area contributed by atoms with Crippen molar-refractivity contribution in [2.45, 2.75) is 46.1 Å². The number of carbonyl (C=O) groups excluding carboxylic acids is 1. The molecule has 0 bridgehead atoms. The van der Waals surface area contributed by atoms with Crippen LogP contribution in [0.5, 0.6) is 0 Å². The molecule has 0 radical (unpaired) electrons. The van der Waals surface area contributed by atoms with Gasteiger partial charge in [-0.1, -0.05) is 18.7 Å². The number of anilines is 1. The van der Waals surface area contributed by atoms with Crippen LogP contribution < -0.4 is 5.32 Å². The highest BCUT2D eigenvalue weighted by Gasteiger charge is 2.16. The number of hydrogen-bond donors (Lipinski definition) is 1. The van der Waals surface area contributed by atoms with Crippen LogP contribution in [-0.2, 0) is 11.2 Å². The van der Waals surface area contributed by atoms with Gasteiger partial charge in [0.2, 0.25) is 5.91 Å². The van der Waals surface area contributed by atoms with Gasteiger partial charge in [-0.25, -0.2) is 15.0 Å². The van der Waals surface area contributed by atoms with Gasteiger partial charge >= 0.3 is 0 Å². The number of fused-ring (bicyclic) bond motifs is 1. The van der Waals surface area contributed by atoms with E-state index in [1.54, 1.807) is 11.3 Å². The molecule has 0 aromatic carbocycles. The molecule has 3 aromatic rings. The molecular weight excluding hydrogens is 372 g/mol. The Hall–Kier alpha value is -1.51. The lowest BCUT2D eigenvalue weighted by Gasteiger charge is -2.06. The minimum Gasteiger partial charge on any atom is -0.301 e. The highest BCUT2D eigenvalue weighted by Crippen LogP contribution is 2.35. The largest absolute Gasteiger partial charge is 0.301 e. The lowest BCUT2D eigenvalue weighted by atomic mass is 10.2. The summed E-state index contributed by atoms with van der Waals surface area (Å²) in [6, 6.07) is 0. The van der Waals surface area contributed by atoms with Gasteiger partial charge in [0.25, 0.3) is 0 Å². The predicted molar refractivity (Wildman–Crippen MR) is 107 cm³/mol. The fraction of sp³-hybridized carbons (Fsp3) is 0.412. The van der Waals surface area contributed by atoms with Crippen molar-refractivity contribution in [1.82, 2.24) is 15.0 Å². The van der Waals surface area contributed by atoms with E-state index in [-0.39, 0.29) is 5.91 Å². The van der Waals surface area contributed by atoms with Gasteiger partial charge in [-0.3, -0.25) is 4.79 Å². The van der Waals surface area contributed by atoms with Crippen LogP contribution in [0.15, 0.2) is 5.03 Å². The van der Waals surface area contributed by atoms with Crippen LogP contribution in [0.2, 0.25) is 0 Å². The number of nitrogens with zero attached hydrogens (tertiary/aromatic N) is 3. The van der Waals surface area contributed by atoms with E-state index in [1.165, 1.54) is 33.5 Å². The van der Waals surface area contributed by atoms with E-state index >= 15 is 0 Å². The van der Waals surface area contributed by atoms with Crippen molar-refractivity contribution in [1.29, 1.82) is 0 Å². The van der Waals surface area contributed by atoms with E-state index in [0.717, 1.165) is 38.1 Å². The van der Waals surface area contributed by atoms with E-state index in [2.05, 4.69) is 34.1 Å². The molecule has 3 heterocycles. The number of nitrogens with one attached hydrogen (secondary N) is 1. The minimum atomic E-state index is -0.0619. The first-order chi connectivity index (χ1) is 11.9. The molecule has 5 nitrogen and oxygen atoms in total.